The minimum absolute atomic E-state index is 0.102. The summed E-state index contributed by atoms with van der Waals surface area (Å²) in [5.74, 6) is 1.60. The minimum atomic E-state index is -0.102. The molecule has 0 spiro atoms. The smallest absolute Gasteiger partial charge is 0.251 e. The minimum Gasteiger partial charge on any atom is -0.380 e. The Balaban J connectivity index is 1.45. The van der Waals surface area contributed by atoms with Gasteiger partial charge >= 0.3 is 0 Å². The third-order valence-corrected chi connectivity index (χ3v) is 6.33. The van der Waals surface area contributed by atoms with Crippen LogP contribution in [0.25, 0.3) is 21.8 Å². The number of nitrogens with zero attached hydrogens (tertiary/aromatic N) is 4. The summed E-state index contributed by atoms with van der Waals surface area (Å²) in [4.78, 5) is 22.1. The Morgan fingerprint density at radius 2 is 1.94 bits per heavy atom. The number of aromatic nitrogens is 4. The molecule has 0 aliphatic carbocycles. The lowest BCUT2D eigenvalue weighted by molar-refractivity contribution is 0.0952. The van der Waals surface area contributed by atoms with E-state index < -0.39 is 0 Å². The number of nitrogens with one attached hydrogen (secondary N) is 2. The monoisotopic (exact) mass is 478 g/mol. The van der Waals surface area contributed by atoms with Crippen LogP contribution in [0.4, 0.5) is 5.82 Å². The number of carbonyl (C=O) groups is 1. The molecule has 9 heteroatoms. The Bertz CT molecular complexity index is 1260. The summed E-state index contributed by atoms with van der Waals surface area (Å²) in [5.41, 5.74) is 1.40. The van der Waals surface area contributed by atoms with Crippen molar-refractivity contribution >= 4 is 45.3 Å². The van der Waals surface area contributed by atoms with E-state index in [1.54, 1.807) is 18.0 Å². The SMILES string of the molecule is CCCSc1nc(NCCOCC)c2cnn(CCNC(=O)c3ccc4ccccc4c3)c2n1. The van der Waals surface area contributed by atoms with Crippen LogP contribution in [-0.2, 0) is 11.3 Å². The van der Waals surface area contributed by atoms with Crippen molar-refractivity contribution in [3.8, 4) is 0 Å². The predicted molar refractivity (Wildman–Crippen MR) is 138 cm³/mol. The molecular formula is C25H30N6O2S. The summed E-state index contributed by atoms with van der Waals surface area (Å²) in [7, 11) is 0. The first-order valence-electron chi connectivity index (χ1n) is 11.6. The van der Waals surface area contributed by atoms with Crippen molar-refractivity contribution in [2.24, 2.45) is 0 Å². The Kier molecular flexibility index (Phi) is 8.32. The lowest BCUT2D eigenvalue weighted by atomic mass is 10.1. The molecule has 2 aromatic carbocycles. The van der Waals surface area contributed by atoms with Gasteiger partial charge in [0.2, 0.25) is 0 Å². The van der Waals surface area contributed by atoms with Crippen LogP contribution in [0.1, 0.15) is 30.6 Å². The molecule has 0 aliphatic heterocycles. The first-order valence-corrected chi connectivity index (χ1v) is 12.6. The number of thioether (sulfide) groups is 1. The van der Waals surface area contributed by atoms with Crippen LogP contribution < -0.4 is 10.6 Å². The molecule has 0 aliphatic rings. The number of benzene rings is 2. The highest BCUT2D eigenvalue weighted by Gasteiger charge is 2.14. The van der Waals surface area contributed by atoms with Gasteiger partial charge in [-0.2, -0.15) is 5.10 Å². The van der Waals surface area contributed by atoms with Gasteiger partial charge in [0.25, 0.3) is 5.91 Å². The van der Waals surface area contributed by atoms with Crippen molar-refractivity contribution in [2.75, 3.05) is 37.4 Å². The van der Waals surface area contributed by atoms with E-state index in [-0.39, 0.29) is 5.91 Å². The molecule has 0 radical (unpaired) electrons. The van der Waals surface area contributed by atoms with Crippen LogP contribution >= 0.6 is 11.8 Å². The van der Waals surface area contributed by atoms with Gasteiger partial charge in [0.15, 0.2) is 10.8 Å². The van der Waals surface area contributed by atoms with Gasteiger partial charge in [0, 0.05) is 31.0 Å². The third-order valence-electron chi connectivity index (χ3n) is 5.27. The molecule has 0 atom stereocenters. The van der Waals surface area contributed by atoms with Crippen molar-refractivity contribution in [3.63, 3.8) is 0 Å². The van der Waals surface area contributed by atoms with Gasteiger partial charge in [-0.05, 0) is 36.2 Å². The Morgan fingerprint density at radius 1 is 1.09 bits per heavy atom. The molecule has 2 heterocycles. The maximum Gasteiger partial charge on any atom is 0.251 e. The Hall–Kier alpha value is -3.17. The number of rotatable bonds is 12. The molecule has 4 aromatic rings. The molecule has 34 heavy (non-hydrogen) atoms. The number of carbonyl (C=O) groups excluding carboxylic acids is 1. The van der Waals surface area contributed by atoms with Gasteiger partial charge in [-0.1, -0.05) is 49.0 Å². The Labute approximate surface area is 203 Å². The van der Waals surface area contributed by atoms with Crippen LogP contribution in [0.5, 0.6) is 0 Å². The third kappa shape index (κ3) is 5.84. The summed E-state index contributed by atoms with van der Waals surface area (Å²) >= 11 is 1.63. The summed E-state index contributed by atoms with van der Waals surface area (Å²) in [6.45, 7) is 7.01. The molecule has 4 rings (SSSR count). The number of ether oxygens (including phenoxy) is 1. The van der Waals surface area contributed by atoms with E-state index in [4.69, 9.17) is 9.72 Å². The van der Waals surface area contributed by atoms with Gasteiger partial charge in [-0.15, -0.1) is 0 Å². The second-order valence-electron chi connectivity index (χ2n) is 7.75. The molecule has 0 fully saturated rings. The number of hydrogen-bond acceptors (Lipinski definition) is 7. The standard InChI is InChI=1S/C25H30N6O2S/c1-3-15-34-25-29-22(26-12-14-33-4-2)21-17-28-31(23(21)30-25)13-11-27-24(32)20-10-9-18-7-5-6-8-19(18)16-20/h5-10,16-17H,3-4,11-15H2,1-2H3,(H,27,32)(H,26,29,30). The highest BCUT2D eigenvalue weighted by atomic mass is 32.2. The molecular weight excluding hydrogens is 448 g/mol. The van der Waals surface area contributed by atoms with E-state index in [1.165, 1.54) is 0 Å². The second kappa shape index (κ2) is 11.8. The number of anilines is 1. The van der Waals surface area contributed by atoms with Gasteiger partial charge in [-0.25, -0.2) is 14.6 Å². The molecule has 0 saturated heterocycles. The lowest BCUT2D eigenvalue weighted by Gasteiger charge is -2.10. The first kappa shape index (κ1) is 24.0. The van der Waals surface area contributed by atoms with E-state index in [0.29, 0.717) is 38.4 Å². The van der Waals surface area contributed by atoms with E-state index in [9.17, 15) is 4.79 Å². The largest absolute Gasteiger partial charge is 0.380 e. The van der Waals surface area contributed by atoms with Crippen LogP contribution in [0, 0.1) is 0 Å². The zero-order valence-corrected chi connectivity index (χ0v) is 20.4. The lowest BCUT2D eigenvalue weighted by Crippen LogP contribution is -2.27. The summed E-state index contributed by atoms with van der Waals surface area (Å²) in [5, 5.41) is 14.6. The maximum absolute atomic E-state index is 12.7. The van der Waals surface area contributed by atoms with E-state index in [2.05, 4.69) is 27.6 Å². The quantitative estimate of drug-likeness (QED) is 0.177. The van der Waals surface area contributed by atoms with Gasteiger partial charge < -0.3 is 15.4 Å². The maximum atomic E-state index is 12.7. The molecule has 1 amide bonds. The van der Waals surface area contributed by atoms with Gasteiger partial charge in [0.1, 0.15) is 5.82 Å². The highest BCUT2D eigenvalue weighted by Crippen LogP contribution is 2.24. The highest BCUT2D eigenvalue weighted by molar-refractivity contribution is 7.99. The molecule has 2 aromatic heterocycles. The topological polar surface area (TPSA) is 94.0 Å². The molecule has 0 saturated carbocycles. The van der Waals surface area contributed by atoms with Gasteiger partial charge in [-0.3, -0.25) is 4.79 Å². The molecule has 0 unspecified atom stereocenters. The van der Waals surface area contributed by atoms with Crippen LogP contribution in [-0.4, -0.2) is 57.7 Å². The number of amides is 1. The van der Waals surface area contributed by atoms with Crippen molar-refractivity contribution in [1.82, 2.24) is 25.1 Å². The van der Waals surface area contributed by atoms with Gasteiger partial charge in [0.05, 0.1) is 24.7 Å². The average molecular weight is 479 g/mol. The molecule has 2 N–H and O–H groups in total. The summed E-state index contributed by atoms with van der Waals surface area (Å²) < 4.78 is 7.25. The zero-order valence-electron chi connectivity index (χ0n) is 19.6. The van der Waals surface area contributed by atoms with Crippen molar-refractivity contribution < 1.29 is 9.53 Å². The fourth-order valence-corrected chi connectivity index (χ4v) is 4.28. The summed E-state index contributed by atoms with van der Waals surface area (Å²) in [6, 6.07) is 13.8. The normalized spacial score (nSPS) is 11.2. The first-order chi connectivity index (χ1) is 16.7. The average Bonchev–Trinajstić information content (AvgIpc) is 3.28. The van der Waals surface area contributed by atoms with Crippen LogP contribution in [0.3, 0.4) is 0 Å². The fourth-order valence-electron chi connectivity index (χ4n) is 3.59. The summed E-state index contributed by atoms with van der Waals surface area (Å²) in [6.07, 6.45) is 2.82. The van der Waals surface area contributed by atoms with Crippen LogP contribution in [0.15, 0.2) is 53.8 Å². The number of fused-ring (bicyclic) bond motifs is 2. The fraction of sp³-hybridized carbons (Fsp3) is 0.360. The molecule has 178 valence electrons. The van der Waals surface area contributed by atoms with E-state index >= 15 is 0 Å². The molecule has 0 bridgehead atoms. The van der Waals surface area contributed by atoms with Crippen molar-refractivity contribution in [3.05, 3.63) is 54.2 Å². The van der Waals surface area contributed by atoms with Crippen molar-refractivity contribution in [2.45, 2.75) is 32.0 Å². The Morgan fingerprint density at radius 3 is 2.76 bits per heavy atom. The van der Waals surface area contributed by atoms with Crippen LogP contribution in [0.2, 0.25) is 0 Å². The second-order valence-corrected chi connectivity index (χ2v) is 8.81. The zero-order chi connectivity index (χ0) is 23.8. The predicted octanol–water partition coefficient (Wildman–Crippen LogP) is 4.36. The number of hydrogen-bond donors (Lipinski definition) is 2. The van der Waals surface area contributed by atoms with Crippen molar-refractivity contribution in [1.29, 1.82) is 0 Å². The molecule has 8 nitrogen and oxygen atoms in total. The van der Waals surface area contributed by atoms with E-state index in [1.807, 2.05) is 54.1 Å². The van der Waals surface area contributed by atoms with E-state index in [0.717, 1.165) is 45.0 Å².